The van der Waals surface area contributed by atoms with Gasteiger partial charge >= 0.3 is 5.97 Å². The molecule has 2 aromatic rings. The standard InChI is InChI=1S/C24H20BrCl3N2O5/c1-11-5-16(25)17(26)9-20(11)29-21(31)10-35-24(34)12-3-2-4-13(6-12)30-22(32)14-7-18(27)19(28)8-15(14)23(30)33/h2-6,9,14-15,18-19H,7-8,10H2,1H3,(H,29,31)/t14-,15+,18-,19-/m0/s1. The molecule has 0 radical (unpaired) electrons. The fraction of sp³-hybridized carbons (Fsp3) is 0.333. The molecule has 11 heteroatoms. The highest BCUT2D eigenvalue weighted by Crippen LogP contribution is 2.43. The molecule has 1 aliphatic heterocycles. The highest BCUT2D eigenvalue weighted by Gasteiger charge is 2.52. The summed E-state index contributed by atoms with van der Waals surface area (Å²) in [6.45, 7) is 1.27. The van der Waals surface area contributed by atoms with Gasteiger partial charge in [-0.05, 0) is 71.6 Å². The Labute approximate surface area is 225 Å². The van der Waals surface area contributed by atoms with Gasteiger partial charge in [0.1, 0.15) is 0 Å². The number of hydrogen-bond donors (Lipinski definition) is 1. The number of nitrogens with zero attached hydrogens (tertiary/aromatic N) is 1. The largest absolute Gasteiger partial charge is 0.452 e. The van der Waals surface area contributed by atoms with E-state index in [0.717, 1.165) is 10.5 Å². The number of halogens is 4. The van der Waals surface area contributed by atoms with E-state index < -0.39 is 30.3 Å². The number of fused-ring (bicyclic) bond motifs is 1. The number of carbonyl (C=O) groups is 4. The molecule has 2 aromatic carbocycles. The van der Waals surface area contributed by atoms with E-state index in [4.69, 9.17) is 39.5 Å². The Morgan fingerprint density at radius 1 is 1.09 bits per heavy atom. The van der Waals surface area contributed by atoms with E-state index in [1.807, 2.05) is 0 Å². The number of imide groups is 1. The Hall–Kier alpha value is -2.13. The van der Waals surface area contributed by atoms with Gasteiger partial charge in [-0.1, -0.05) is 17.7 Å². The molecule has 0 spiro atoms. The molecule has 1 heterocycles. The molecule has 2 fully saturated rings. The van der Waals surface area contributed by atoms with Crippen molar-refractivity contribution in [3.8, 4) is 0 Å². The first-order valence-electron chi connectivity index (χ1n) is 10.8. The maximum absolute atomic E-state index is 13.0. The summed E-state index contributed by atoms with van der Waals surface area (Å²) >= 11 is 21.8. The topological polar surface area (TPSA) is 92.8 Å². The van der Waals surface area contributed by atoms with Crippen LogP contribution < -0.4 is 10.2 Å². The zero-order valence-corrected chi connectivity index (χ0v) is 22.2. The minimum Gasteiger partial charge on any atom is -0.452 e. The van der Waals surface area contributed by atoms with Crippen LogP contribution in [0.3, 0.4) is 0 Å². The van der Waals surface area contributed by atoms with Crippen LogP contribution >= 0.6 is 50.7 Å². The van der Waals surface area contributed by atoms with E-state index in [-0.39, 0.29) is 33.8 Å². The molecule has 0 aromatic heterocycles. The average molecular weight is 603 g/mol. The number of amides is 3. The Morgan fingerprint density at radius 2 is 1.71 bits per heavy atom. The predicted octanol–water partition coefficient (Wildman–Crippen LogP) is 5.32. The third-order valence-electron chi connectivity index (χ3n) is 6.13. The van der Waals surface area contributed by atoms with Crippen LogP contribution in [0.25, 0.3) is 0 Å². The van der Waals surface area contributed by atoms with Crippen LogP contribution in [0.4, 0.5) is 11.4 Å². The zero-order valence-electron chi connectivity index (χ0n) is 18.4. The first kappa shape index (κ1) is 25.9. The molecule has 35 heavy (non-hydrogen) atoms. The molecule has 0 unspecified atom stereocenters. The lowest BCUT2D eigenvalue weighted by molar-refractivity contribution is -0.122. The monoisotopic (exact) mass is 600 g/mol. The summed E-state index contributed by atoms with van der Waals surface area (Å²) in [7, 11) is 0. The number of hydrogen-bond acceptors (Lipinski definition) is 5. The van der Waals surface area contributed by atoms with Gasteiger partial charge in [-0.2, -0.15) is 0 Å². The second kappa shape index (κ2) is 10.5. The van der Waals surface area contributed by atoms with Gasteiger partial charge in [-0.15, -0.1) is 23.2 Å². The lowest BCUT2D eigenvalue weighted by Gasteiger charge is -2.28. The summed E-state index contributed by atoms with van der Waals surface area (Å²) in [5.74, 6) is -3.10. The fourth-order valence-corrected chi connectivity index (χ4v) is 5.51. The van der Waals surface area contributed by atoms with Crippen molar-refractivity contribution in [3.63, 3.8) is 0 Å². The number of carbonyl (C=O) groups excluding carboxylic acids is 4. The number of rotatable bonds is 5. The summed E-state index contributed by atoms with van der Waals surface area (Å²) < 4.78 is 5.83. The molecule has 2 aliphatic rings. The fourth-order valence-electron chi connectivity index (χ4n) is 4.30. The third kappa shape index (κ3) is 5.35. The molecule has 184 valence electrons. The van der Waals surface area contributed by atoms with Gasteiger partial charge in [-0.25, -0.2) is 4.79 Å². The Balaban J connectivity index is 1.42. The number of ether oxygens (including phenoxy) is 1. The first-order chi connectivity index (χ1) is 16.6. The van der Waals surface area contributed by atoms with E-state index >= 15 is 0 Å². The molecule has 0 bridgehead atoms. The van der Waals surface area contributed by atoms with Crippen LogP contribution in [0.15, 0.2) is 40.9 Å². The van der Waals surface area contributed by atoms with Crippen LogP contribution in [0.5, 0.6) is 0 Å². The molecule has 1 N–H and O–H groups in total. The summed E-state index contributed by atoms with van der Waals surface area (Å²) in [6.07, 6.45) is 0.642. The number of anilines is 2. The van der Waals surface area contributed by atoms with Gasteiger partial charge in [0.2, 0.25) is 11.8 Å². The number of benzene rings is 2. The van der Waals surface area contributed by atoms with Crippen molar-refractivity contribution in [2.24, 2.45) is 11.8 Å². The molecule has 4 rings (SSSR count). The van der Waals surface area contributed by atoms with Crippen molar-refractivity contribution in [2.45, 2.75) is 30.5 Å². The SMILES string of the molecule is Cc1cc(Br)c(Cl)cc1NC(=O)COC(=O)c1cccc(N2C(=O)[C@H]3C[C@H](Cl)[C@@H](Cl)C[C@H]3C2=O)c1. The number of esters is 1. The van der Waals surface area contributed by atoms with Gasteiger partial charge in [-0.3, -0.25) is 19.3 Å². The minimum atomic E-state index is -0.772. The lowest BCUT2D eigenvalue weighted by Crippen LogP contribution is -2.34. The van der Waals surface area contributed by atoms with E-state index in [1.54, 1.807) is 25.1 Å². The van der Waals surface area contributed by atoms with Gasteiger partial charge in [0.25, 0.3) is 5.91 Å². The Bertz CT molecular complexity index is 1200. The molecule has 4 atom stereocenters. The summed E-state index contributed by atoms with van der Waals surface area (Å²) in [4.78, 5) is 51.9. The quantitative estimate of drug-likeness (QED) is 0.284. The minimum absolute atomic E-state index is 0.0964. The van der Waals surface area contributed by atoms with Gasteiger partial charge in [0.05, 0.1) is 38.9 Å². The summed E-state index contributed by atoms with van der Waals surface area (Å²) in [6, 6.07) is 9.31. The molecule has 7 nitrogen and oxygen atoms in total. The molecule has 1 saturated heterocycles. The molecular formula is C24H20BrCl3N2O5. The van der Waals surface area contributed by atoms with Gasteiger partial charge in [0, 0.05) is 10.2 Å². The Kier molecular flexibility index (Phi) is 7.76. The third-order valence-corrected chi connectivity index (χ3v) is 8.42. The molecule has 3 amide bonds. The van der Waals surface area contributed by atoms with E-state index in [1.165, 1.54) is 18.2 Å². The van der Waals surface area contributed by atoms with Crippen molar-refractivity contribution in [2.75, 3.05) is 16.8 Å². The zero-order chi connectivity index (χ0) is 25.4. The summed E-state index contributed by atoms with van der Waals surface area (Å²) in [5.41, 5.74) is 1.62. The van der Waals surface area contributed by atoms with Crippen molar-refractivity contribution >= 4 is 85.8 Å². The number of aryl methyl sites for hydroxylation is 1. The highest BCUT2D eigenvalue weighted by atomic mass is 79.9. The van der Waals surface area contributed by atoms with Crippen LogP contribution in [-0.4, -0.2) is 41.1 Å². The second-order valence-corrected chi connectivity index (χ2v) is 10.9. The van der Waals surface area contributed by atoms with Crippen molar-refractivity contribution in [1.29, 1.82) is 0 Å². The van der Waals surface area contributed by atoms with E-state index in [9.17, 15) is 19.2 Å². The molecular weight excluding hydrogens is 583 g/mol. The average Bonchev–Trinajstić information content (AvgIpc) is 3.05. The Morgan fingerprint density at radius 3 is 2.34 bits per heavy atom. The lowest BCUT2D eigenvalue weighted by atomic mass is 9.80. The second-order valence-electron chi connectivity index (χ2n) is 8.48. The van der Waals surface area contributed by atoms with Crippen LogP contribution in [0.2, 0.25) is 5.02 Å². The van der Waals surface area contributed by atoms with E-state index in [0.29, 0.717) is 28.0 Å². The maximum atomic E-state index is 13.0. The van der Waals surface area contributed by atoms with E-state index in [2.05, 4.69) is 21.2 Å². The molecule has 1 aliphatic carbocycles. The number of nitrogens with one attached hydrogen (secondary N) is 1. The van der Waals surface area contributed by atoms with Crippen LogP contribution in [0.1, 0.15) is 28.8 Å². The van der Waals surface area contributed by atoms with Gasteiger partial charge < -0.3 is 10.1 Å². The van der Waals surface area contributed by atoms with Crippen molar-refractivity contribution in [3.05, 3.63) is 57.0 Å². The predicted molar refractivity (Wildman–Crippen MR) is 137 cm³/mol. The van der Waals surface area contributed by atoms with Crippen LogP contribution in [0, 0.1) is 18.8 Å². The van der Waals surface area contributed by atoms with Crippen molar-refractivity contribution in [1.82, 2.24) is 0 Å². The first-order valence-corrected chi connectivity index (χ1v) is 12.8. The van der Waals surface area contributed by atoms with Gasteiger partial charge in [0.15, 0.2) is 6.61 Å². The maximum Gasteiger partial charge on any atom is 0.338 e. The van der Waals surface area contributed by atoms with Crippen molar-refractivity contribution < 1.29 is 23.9 Å². The number of alkyl halides is 2. The molecule has 1 saturated carbocycles. The van der Waals surface area contributed by atoms with Crippen LogP contribution in [-0.2, 0) is 19.1 Å². The highest BCUT2D eigenvalue weighted by molar-refractivity contribution is 9.10. The smallest absolute Gasteiger partial charge is 0.338 e. The normalized spacial score (nSPS) is 23.7. The summed E-state index contributed by atoms with van der Waals surface area (Å²) in [5, 5.41) is 2.29.